The molecule has 1 amide bonds. The van der Waals surface area contributed by atoms with E-state index in [1.54, 1.807) is 0 Å². The zero-order valence-corrected chi connectivity index (χ0v) is 16.6. The molecule has 2 bridgehead atoms. The fourth-order valence-electron chi connectivity index (χ4n) is 4.28. The summed E-state index contributed by atoms with van der Waals surface area (Å²) in [5, 5.41) is 12.7. The number of nitrogens with one attached hydrogen (secondary N) is 2. The maximum absolute atomic E-state index is 13.2. The zero-order valence-electron chi connectivity index (χ0n) is 15.8. The highest BCUT2D eigenvalue weighted by Gasteiger charge is 2.49. The van der Waals surface area contributed by atoms with Gasteiger partial charge in [0.05, 0.1) is 46.8 Å². The number of carbonyl (C=O) groups excluding carboxylic acids is 1. The van der Waals surface area contributed by atoms with E-state index in [9.17, 15) is 23.2 Å². The average Bonchev–Trinajstić information content (AvgIpc) is 2.67. The number of halogens is 3. The van der Waals surface area contributed by atoms with Crippen molar-refractivity contribution in [1.82, 2.24) is 5.32 Å². The zero-order chi connectivity index (χ0) is 20.7. The molecule has 0 radical (unpaired) electrons. The molecule has 1 aromatic carbocycles. The summed E-state index contributed by atoms with van der Waals surface area (Å²) in [7, 11) is 0. The molecule has 156 valence electrons. The second-order valence-electron chi connectivity index (χ2n) is 8.26. The van der Waals surface area contributed by atoms with Gasteiger partial charge < -0.3 is 14.8 Å². The summed E-state index contributed by atoms with van der Waals surface area (Å²) in [5.74, 6) is -0.504. The molecule has 1 aliphatic heterocycles. The highest BCUT2D eigenvalue weighted by molar-refractivity contribution is 8.01. The van der Waals surface area contributed by atoms with E-state index < -0.39 is 23.2 Å². The van der Waals surface area contributed by atoms with Gasteiger partial charge in [-0.1, -0.05) is 0 Å². The van der Waals surface area contributed by atoms with Gasteiger partial charge in [-0.2, -0.15) is 18.4 Å². The van der Waals surface area contributed by atoms with Gasteiger partial charge in [0.2, 0.25) is 0 Å². The quantitative estimate of drug-likeness (QED) is 0.679. The van der Waals surface area contributed by atoms with E-state index in [2.05, 4.69) is 16.1 Å². The van der Waals surface area contributed by atoms with Crippen molar-refractivity contribution in [2.45, 2.75) is 55.5 Å². The first-order chi connectivity index (χ1) is 13.7. The Morgan fingerprint density at radius 1 is 1.17 bits per heavy atom. The van der Waals surface area contributed by atoms with Crippen LogP contribution in [-0.2, 0) is 10.9 Å². The molecule has 0 unspecified atom stereocenters. The van der Waals surface area contributed by atoms with E-state index in [4.69, 9.17) is 4.74 Å². The van der Waals surface area contributed by atoms with Crippen molar-refractivity contribution < 1.29 is 22.7 Å². The number of alkyl halides is 3. The van der Waals surface area contributed by atoms with Gasteiger partial charge >= 0.3 is 6.18 Å². The molecule has 5 rings (SSSR count). The van der Waals surface area contributed by atoms with Crippen LogP contribution in [-0.4, -0.2) is 29.9 Å². The normalized spacial score (nSPS) is 29.0. The summed E-state index contributed by atoms with van der Waals surface area (Å²) in [6, 6.07) is 5.63. The summed E-state index contributed by atoms with van der Waals surface area (Å²) in [4.78, 5) is 13.1. The smallest absolute Gasteiger partial charge is 0.379 e. The Balaban J connectivity index is 1.54. The van der Waals surface area contributed by atoms with Crippen LogP contribution in [0.1, 0.15) is 54.4 Å². The van der Waals surface area contributed by atoms with E-state index in [-0.39, 0.29) is 16.2 Å². The number of ether oxygens (including phenoxy) is 1. The van der Waals surface area contributed by atoms with Crippen molar-refractivity contribution in [3.8, 4) is 6.07 Å². The van der Waals surface area contributed by atoms with Gasteiger partial charge in [-0.05, 0) is 68.7 Å². The van der Waals surface area contributed by atoms with Crippen LogP contribution in [0.25, 0.3) is 0 Å². The van der Waals surface area contributed by atoms with Crippen LogP contribution < -0.4 is 10.0 Å². The molecule has 1 saturated heterocycles. The Morgan fingerprint density at radius 2 is 1.83 bits per heavy atom. The number of hydrogen-bond acceptors (Lipinski definition) is 5. The van der Waals surface area contributed by atoms with Crippen molar-refractivity contribution >= 4 is 23.5 Å². The molecule has 2 N–H and O–H groups in total. The van der Waals surface area contributed by atoms with Crippen molar-refractivity contribution in [2.24, 2.45) is 5.41 Å². The minimum atomic E-state index is -4.52. The molecular weight excluding hydrogens is 403 g/mol. The Labute approximate surface area is 171 Å². The third-order valence-electron chi connectivity index (χ3n) is 6.40. The van der Waals surface area contributed by atoms with Gasteiger partial charge in [0.15, 0.2) is 0 Å². The Kier molecular flexibility index (Phi) is 5.20. The molecule has 1 aromatic rings. The van der Waals surface area contributed by atoms with Gasteiger partial charge in [-0.3, -0.25) is 4.79 Å². The Hall–Kier alpha value is -1.92. The van der Waals surface area contributed by atoms with E-state index >= 15 is 0 Å². The lowest BCUT2D eigenvalue weighted by atomic mass is 9.58. The first-order valence-electron chi connectivity index (χ1n) is 9.69. The summed E-state index contributed by atoms with van der Waals surface area (Å²) >= 11 is 1.35. The van der Waals surface area contributed by atoms with Crippen LogP contribution in [0.2, 0.25) is 0 Å². The van der Waals surface area contributed by atoms with Crippen LogP contribution in [0, 0.1) is 16.7 Å². The lowest BCUT2D eigenvalue weighted by Gasteiger charge is -2.50. The van der Waals surface area contributed by atoms with E-state index in [0.717, 1.165) is 31.4 Å². The number of anilines is 1. The van der Waals surface area contributed by atoms with Crippen LogP contribution in [0.4, 0.5) is 18.9 Å². The third-order valence-corrected chi connectivity index (χ3v) is 7.34. The molecule has 3 saturated carbocycles. The van der Waals surface area contributed by atoms with Crippen molar-refractivity contribution in [1.29, 1.82) is 5.26 Å². The first-order valence-corrected chi connectivity index (χ1v) is 10.6. The van der Waals surface area contributed by atoms with E-state index in [1.165, 1.54) is 18.0 Å². The molecule has 0 spiro atoms. The third kappa shape index (κ3) is 4.05. The molecular formula is C20H22F3N3O2S. The Morgan fingerprint density at radius 3 is 2.34 bits per heavy atom. The van der Waals surface area contributed by atoms with Gasteiger partial charge in [-0.25, -0.2) is 0 Å². The van der Waals surface area contributed by atoms with Crippen molar-refractivity contribution in [2.75, 3.05) is 17.9 Å². The SMILES string of the molecule is N#CC12CCC(NC(=O)c3cc(C(F)(F)F)ccc3NSC3COC3)(CC1)CC2. The number of amides is 1. The number of fused-ring (bicyclic) bond motifs is 3. The van der Waals surface area contributed by atoms with Crippen LogP contribution in [0.3, 0.4) is 0 Å². The number of hydrogen-bond donors (Lipinski definition) is 2. The maximum Gasteiger partial charge on any atom is 0.416 e. The van der Waals surface area contributed by atoms with Crippen LogP contribution >= 0.6 is 11.9 Å². The summed E-state index contributed by atoms with van der Waals surface area (Å²) in [5.41, 5.74) is -1.22. The molecule has 4 aliphatic rings. The minimum Gasteiger partial charge on any atom is -0.379 e. The summed E-state index contributed by atoms with van der Waals surface area (Å²) in [6.07, 6.45) is -0.325. The molecule has 0 atom stereocenters. The average molecular weight is 425 g/mol. The van der Waals surface area contributed by atoms with Crippen LogP contribution in [0.5, 0.6) is 0 Å². The highest BCUT2D eigenvalue weighted by Crippen LogP contribution is 2.52. The molecule has 29 heavy (non-hydrogen) atoms. The fourth-order valence-corrected chi connectivity index (χ4v) is 5.08. The number of benzene rings is 1. The van der Waals surface area contributed by atoms with Gasteiger partial charge in [0.25, 0.3) is 5.91 Å². The van der Waals surface area contributed by atoms with Gasteiger partial charge in [0.1, 0.15) is 0 Å². The largest absolute Gasteiger partial charge is 0.416 e. The topological polar surface area (TPSA) is 74.2 Å². The molecule has 0 aromatic heterocycles. The second kappa shape index (κ2) is 7.40. The molecule has 1 heterocycles. The van der Waals surface area contributed by atoms with Crippen LogP contribution in [0.15, 0.2) is 18.2 Å². The second-order valence-corrected chi connectivity index (χ2v) is 9.37. The lowest BCUT2D eigenvalue weighted by Crippen LogP contribution is -2.56. The van der Waals surface area contributed by atoms with E-state index in [0.29, 0.717) is 38.2 Å². The number of nitriles is 1. The molecule has 3 aliphatic carbocycles. The standard InChI is InChI=1S/C20H22F3N3O2S/c21-20(22,23)13-1-2-16(26-29-14-10-28-11-14)15(9-13)17(27)25-19-6-3-18(12-24,4-7-19)5-8-19/h1-2,9,14,26H,3-8,10-11H2,(H,25,27). The van der Waals surface area contributed by atoms with Crippen molar-refractivity contribution in [3.05, 3.63) is 29.3 Å². The number of nitrogens with zero attached hydrogens (tertiary/aromatic N) is 1. The Bertz CT molecular complexity index is 824. The summed E-state index contributed by atoms with van der Waals surface area (Å²) < 4.78 is 47.8. The maximum atomic E-state index is 13.2. The molecule has 4 fully saturated rings. The monoisotopic (exact) mass is 425 g/mol. The number of rotatable bonds is 5. The fraction of sp³-hybridized carbons (Fsp3) is 0.600. The summed E-state index contributed by atoms with van der Waals surface area (Å²) in [6.45, 7) is 1.15. The van der Waals surface area contributed by atoms with E-state index in [1.807, 2.05) is 0 Å². The predicted molar refractivity (Wildman–Crippen MR) is 103 cm³/mol. The van der Waals surface area contributed by atoms with Gasteiger partial charge in [0, 0.05) is 5.54 Å². The van der Waals surface area contributed by atoms with Gasteiger partial charge in [-0.15, -0.1) is 0 Å². The number of carbonyl (C=O) groups is 1. The van der Waals surface area contributed by atoms with Crippen molar-refractivity contribution in [3.63, 3.8) is 0 Å². The first kappa shape index (κ1) is 20.4. The minimum absolute atomic E-state index is 0.00960. The predicted octanol–water partition coefficient (Wildman–Crippen LogP) is 4.51. The lowest BCUT2D eigenvalue weighted by molar-refractivity contribution is -0.137. The molecule has 5 nitrogen and oxygen atoms in total. The molecule has 9 heteroatoms. The highest BCUT2D eigenvalue weighted by atomic mass is 32.2.